The fourth-order valence-electron chi connectivity index (χ4n) is 2.57. The molecule has 1 aliphatic heterocycles. The van der Waals surface area contributed by atoms with Gasteiger partial charge in [0.15, 0.2) is 0 Å². The number of benzene rings is 1. The van der Waals surface area contributed by atoms with Crippen molar-refractivity contribution < 1.29 is 14.3 Å². The van der Waals surface area contributed by atoms with Crippen LogP contribution in [0.5, 0.6) is 5.88 Å². The molecule has 5 nitrogen and oxygen atoms in total. The molecule has 0 atom stereocenters. The van der Waals surface area contributed by atoms with Crippen LogP contribution in [0.2, 0.25) is 0 Å². The molecule has 130 valence electrons. The zero-order valence-electron chi connectivity index (χ0n) is 14.1. The Bertz CT molecular complexity index is 710. The number of hydrogen-bond acceptors (Lipinski definition) is 4. The number of amides is 1. The quantitative estimate of drug-likeness (QED) is 0.823. The van der Waals surface area contributed by atoms with Gasteiger partial charge in [-0.2, -0.15) is 0 Å². The Morgan fingerprint density at radius 3 is 2.84 bits per heavy atom. The topological polar surface area (TPSA) is 60.5 Å². The van der Waals surface area contributed by atoms with E-state index in [9.17, 15) is 4.79 Å². The number of nitrogens with one attached hydrogen (secondary N) is 1. The molecule has 2 aromatic rings. The van der Waals surface area contributed by atoms with E-state index in [0.29, 0.717) is 12.4 Å². The number of carbonyl (C=O) groups excluding carboxylic acids is 1. The average molecular weight is 338 g/mol. The lowest BCUT2D eigenvalue weighted by Gasteiger charge is -2.22. The Balaban J connectivity index is 1.50. The highest BCUT2D eigenvalue weighted by molar-refractivity contribution is 5.91. The fourth-order valence-corrected chi connectivity index (χ4v) is 2.57. The van der Waals surface area contributed by atoms with Gasteiger partial charge in [0, 0.05) is 37.7 Å². The maximum atomic E-state index is 11.9. The Morgan fingerprint density at radius 1 is 1.24 bits per heavy atom. The van der Waals surface area contributed by atoms with Crippen molar-refractivity contribution in [1.29, 1.82) is 0 Å². The summed E-state index contributed by atoms with van der Waals surface area (Å²) >= 11 is 0. The smallest absolute Gasteiger partial charge is 0.244 e. The van der Waals surface area contributed by atoms with Crippen LogP contribution in [0.25, 0.3) is 6.08 Å². The standard InChI is InChI=1S/C20H22N2O3/c23-19(7-6-16-4-2-1-3-5-16)22-15-17-8-11-21-20(14-17)25-18-9-12-24-13-10-18/h1-8,11,14,18H,9-10,12-13,15H2,(H,22,23)/b7-6-. The van der Waals surface area contributed by atoms with Crippen LogP contribution < -0.4 is 10.1 Å². The minimum absolute atomic E-state index is 0.132. The molecule has 1 aliphatic rings. The van der Waals surface area contributed by atoms with Crippen molar-refractivity contribution in [2.45, 2.75) is 25.5 Å². The summed E-state index contributed by atoms with van der Waals surface area (Å²) in [5.74, 6) is 0.464. The predicted octanol–water partition coefficient (Wildman–Crippen LogP) is 2.97. The molecule has 1 aromatic heterocycles. The third-order valence-electron chi connectivity index (χ3n) is 3.95. The molecule has 1 fully saturated rings. The van der Waals surface area contributed by atoms with Crippen molar-refractivity contribution in [3.8, 4) is 5.88 Å². The van der Waals surface area contributed by atoms with Gasteiger partial charge < -0.3 is 14.8 Å². The summed E-state index contributed by atoms with van der Waals surface area (Å²) in [7, 11) is 0. The zero-order chi connectivity index (χ0) is 17.3. The van der Waals surface area contributed by atoms with Crippen LogP contribution in [-0.4, -0.2) is 30.2 Å². The second kappa shape index (κ2) is 8.99. The van der Waals surface area contributed by atoms with E-state index in [2.05, 4.69) is 10.3 Å². The molecular formula is C20H22N2O3. The van der Waals surface area contributed by atoms with E-state index >= 15 is 0 Å². The van der Waals surface area contributed by atoms with Crippen molar-refractivity contribution in [3.63, 3.8) is 0 Å². The highest BCUT2D eigenvalue weighted by Crippen LogP contribution is 2.16. The lowest BCUT2D eigenvalue weighted by atomic mass is 10.1. The largest absolute Gasteiger partial charge is 0.474 e. The van der Waals surface area contributed by atoms with Crippen LogP contribution in [0, 0.1) is 0 Å². The minimum atomic E-state index is -0.132. The van der Waals surface area contributed by atoms with E-state index in [-0.39, 0.29) is 12.0 Å². The summed E-state index contributed by atoms with van der Waals surface area (Å²) in [6.45, 7) is 1.90. The average Bonchev–Trinajstić information content (AvgIpc) is 2.67. The molecule has 0 spiro atoms. The minimum Gasteiger partial charge on any atom is -0.474 e. The van der Waals surface area contributed by atoms with Gasteiger partial charge in [-0.15, -0.1) is 0 Å². The number of carbonyl (C=O) groups is 1. The van der Waals surface area contributed by atoms with E-state index in [1.807, 2.05) is 42.5 Å². The van der Waals surface area contributed by atoms with Gasteiger partial charge >= 0.3 is 0 Å². The van der Waals surface area contributed by atoms with Crippen LogP contribution in [0.1, 0.15) is 24.0 Å². The van der Waals surface area contributed by atoms with Crippen LogP contribution >= 0.6 is 0 Å². The van der Waals surface area contributed by atoms with Crippen molar-refractivity contribution in [3.05, 3.63) is 65.9 Å². The van der Waals surface area contributed by atoms with Crippen molar-refractivity contribution in [1.82, 2.24) is 10.3 Å². The first-order valence-electron chi connectivity index (χ1n) is 8.50. The maximum Gasteiger partial charge on any atom is 0.244 e. The fraction of sp³-hybridized carbons (Fsp3) is 0.300. The number of rotatable bonds is 6. The summed E-state index contributed by atoms with van der Waals surface area (Å²) in [4.78, 5) is 16.2. The second-order valence-corrected chi connectivity index (χ2v) is 5.89. The van der Waals surface area contributed by atoms with Gasteiger partial charge in [-0.3, -0.25) is 4.79 Å². The van der Waals surface area contributed by atoms with E-state index in [4.69, 9.17) is 9.47 Å². The first kappa shape index (κ1) is 17.2. The van der Waals surface area contributed by atoms with Crippen molar-refractivity contribution >= 4 is 12.0 Å². The Labute approximate surface area is 147 Å². The molecule has 1 saturated heterocycles. The van der Waals surface area contributed by atoms with E-state index < -0.39 is 0 Å². The van der Waals surface area contributed by atoms with Gasteiger partial charge in [0.05, 0.1) is 13.2 Å². The molecule has 0 saturated carbocycles. The van der Waals surface area contributed by atoms with Crippen molar-refractivity contribution in [2.24, 2.45) is 0 Å². The van der Waals surface area contributed by atoms with Crippen LogP contribution in [0.4, 0.5) is 0 Å². The number of ether oxygens (including phenoxy) is 2. The van der Waals surface area contributed by atoms with Gasteiger partial charge in [-0.25, -0.2) is 4.98 Å². The Kier molecular flexibility index (Phi) is 6.17. The monoisotopic (exact) mass is 338 g/mol. The molecule has 1 amide bonds. The number of hydrogen-bond donors (Lipinski definition) is 1. The Morgan fingerprint density at radius 2 is 2.04 bits per heavy atom. The first-order valence-corrected chi connectivity index (χ1v) is 8.50. The number of nitrogens with zero attached hydrogens (tertiary/aromatic N) is 1. The molecule has 25 heavy (non-hydrogen) atoms. The van der Waals surface area contributed by atoms with Crippen LogP contribution in [0.3, 0.4) is 0 Å². The van der Waals surface area contributed by atoms with Gasteiger partial charge in [-0.1, -0.05) is 30.3 Å². The molecule has 0 radical (unpaired) electrons. The molecule has 0 aliphatic carbocycles. The predicted molar refractivity (Wildman–Crippen MR) is 96.0 cm³/mol. The molecule has 3 rings (SSSR count). The third kappa shape index (κ3) is 5.72. The second-order valence-electron chi connectivity index (χ2n) is 5.89. The van der Waals surface area contributed by atoms with E-state index in [1.165, 1.54) is 6.08 Å². The van der Waals surface area contributed by atoms with Gasteiger partial charge in [0.2, 0.25) is 11.8 Å². The molecule has 0 bridgehead atoms. The van der Waals surface area contributed by atoms with E-state index in [0.717, 1.165) is 37.2 Å². The SMILES string of the molecule is O=C(/C=C\c1ccccc1)NCc1ccnc(OC2CCOCC2)c1. The lowest BCUT2D eigenvalue weighted by Crippen LogP contribution is -2.26. The van der Waals surface area contributed by atoms with E-state index in [1.54, 1.807) is 12.3 Å². The summed E-state index contributed by atoms with van der Waals surface area (Å²) in [6.07, 6.45) is 6.95. The number of aromatic nitrogens is 1. The normalized spacial score (nSPS) is 15.2. The molecular weight excluding hydrogens is 316 g/mol. The van der Waals surface area contributed by atoms with Crippen LogP contribution in [-0.2, 0) is 16.1 Å². The van der Waals surface area contributed by atoms with Crippen molar-refractivity contribution in [2.75, 3.05) is 13.2 Å². The van der Waals surface area contributed by atoms with Gasteiger partial charge in [0.1, 0.15) is 6.10 Å². The number of pyridine rings is 1. The highest BCUT2D eigenvalue weighted by Gasteiger charge is 2.15. The molecule has 0 unspecified atom stereocenters. The summed E-state index contributed by atoms with van der Waals surface area (Å²) < 4.78 is 11.2. The summed E-state index contributed by atoms with van der Waals surface area (Å²) in [5.41, 5.74) is 1.95. The summed E-state index contributed by atoms with van der Waals surface area (Å²) in [5, 5.41) is 2.87. The lowest BCUT2D eigenvalue weighted by molar-refractivity contribution is -0.116. The molecule has 1 aromatic carbocycles. The zero-order valence-corrected chi connectivity index (χ0v) is 14.1. The van der Waals surface area contributed by atoms with Gasteiger partial charge in [-0.05, 0) is 23.3 Å². The molecule has 1 N–H and O–H groups in total. The summed E-state index contributed by atoms with van der Waals surface area (Å²) in [6, 6.07) is 13.5. The molecule has 5 heteroatoms. The Hall–Kier alpha value is -2.66. The highest BCUT2D eigenvalue weighted by atomic mass is 16.5. The van der Waals surface area contributed by atoms with Gasteiger partial charge in [0.25, 0.3) is 0 Å². The molecule has 2 heterocycles. The first-order chi connectivity index (χ1) is 12.3. The van der Waals surface area contributed by atoms with Crippen LogP contribution in [0.15, 0.2) is 54.7 Å². The third-order valence-corrected chi connectivity index (χ3v) is 3.95. The maximum absolute atomic E-state index is 11.9.